The summed E-state index contributed by atoms with van der Waals surface area (Å²) in [5, 5.41) is 9.71. The fourth-order valence-corrected chi connectivity index (χ4v) is 2.01. The van der Waals surface area contributed by atoms with Gasteiger partial charge in [-0.05, 0) is 36.1 Å². The molecule has 94 valence electrons. The molecule has 2 rings (SSSR count). The number of carboxylic acids is 1. The van der Waals surface area contributed by atoms with Crippen molar-refractivity contribution in [3.05, 3.63) is 45.2 Å². The Labute approximate surface area is 104 Å². The number of benzene rings is 1. The van der Waals surface area contributed by atoms with Crippen LogP contribution in [0.5, 0.6) is 0 Å². The highest BCUT2D eigenvalue weighted by atomic mass is 16.4. The third kappa shape index (κ3) is 2.01. The highest BCUT2D eigenvalue weighted by molar-refractivity contribution is 5.93. The summed E-state index contributed by atoms with van der Waals surface area (Å²) < 4.78 is 0. The lowest BCUT2D eigenvalue weighted by molar-refractivity contribution is 0.0695. The summed E-state index contributed by atoms with van der Waals surface area (Å²) in [6, 6.07) is 5.37. The molecule has 0 atom stereocenters. The van der Waals surface area contributed by atoms with Gasteiger partial charge in [-0.25, -0.2) is 4.79 Å². The van der Waals surface area contributed by atoms with Gasteiger partial charge in [0.1, 0.15) is 5.56 Å². The molecule has 1 aromatic heterocycles. The molecule has 0 bridgehead atoms. The SMILES string of the molecule is Cc1cc(C(C)C)cc2[nH]c(=O)c(C(=O)O)cc12. The van der Waals surface area contributed by atoms with Gasteiger partial charge in [-0.1, -0.05) is 19.9 Å². The first-order chi connectivity index (χ1) is 8.40. The number of aromatic carboxylic acids is 1. The lowest BCUT2D eigenvalue weighted by Gasteiger charge is -2.10. The van der Waals surface area contributed by atoms with Crippen LogP contribution in [0.25, 0.3) is 10.9 Å². The average molecular weight is 245 g/mol. The molecule has 1 aromatic carbocycles. The van der Waals surface area contributed by atoms with Crippen molar-refractivity contribution in [3.8, 4) is 0 Å². The van der Waals surface area contributed by atoms with Crippen molar-refractivity contribution >= 4 is 16.9 Å². The largest absolute Gasteiger partial charge is 0.477 e. The van der Waals surface area contributed by atoms with E-state index in [0.717, 1.165) is 16.5 Å². The molecule has 0 radical (unpaired) electrons. The Bertz CT molecular complexity index is 683. The summed E-state index contributed by atoms with van der Waals surface area (Å²) in [4.78, 5) is 25.2. The monoisotopic (exact) mass is 245 g/mol. The molecule has 0 amide bonds. The van der Waals surface area contributed by atoms with Crippen molar-refractivity contribution in [1.82, 2.24) is 4.98 Å². The predicted molar refractivity (Wildman–Crippen MR) is 70.4 cm³/mol. The molecule has 4 nitrogen and oxygen atoms in total. The zero-order chi connectivity index (χ0) is 13.4. The number of carbonyl (C=O) groups is 1. The maximum atomic E-state index is 11.6. The van der Waals surface area contributed by atoms with E-state index < -0.39 is 11.5 Å². The topological polar surface area (TPSA) is 70.2 Å². The van der Waals surface area contributed by atoms with E-state index in [1.54, 1.807) is 0 Å². The van der Waals surface area contributed by atoms with Crippen LogP contribution >= 0.6 is 0 Å². The zero-order valence-corrected chi connectivity index (χ0v) is 10.6. The van der Waals surface area contributed by atoms with E-state index in [1.165, 1.54) is 6.07 Å². The summed E-state index contributed by atoms with van der Waals surface area (Å²) in [5.41, 5.74) is 2.00. The molecule has 0 saturated heterocycles. The highest BCUT2D eigenvalue weighted by Crippen LogP contribution is 2.23. The van der Waals surface area contributed by atoms with Crippen LogP contribution in [-0.2, 0) is 0 Å². The minimum Gasteiger partial charge on any atom is -0.477 e. The number of nitrogens with one attached hydrogen (secondary N) is 1. The molecule has 0 aliphatic heterocycles. The third-order valence-electron chi connectivity index (χ3n) is 3.09. The van der Waals surface area contributed by atoms with Crippen molar-refractivity contribution in [2.75, 3.05) is 0 Å². The van der Waals surface area contributed by atoms with Crippen molar-refractivity contribution in [3.63, 3.8) is 0 Å². The Hall–Kier alpha value is -2.10. The molecule has 4 heteroatoms. The highest BCUT2D eigenvalue weighted by Gasteiger charge is 2.12. The Morgan fingerprint density at radius 2 is 1.94 bits per heavy atom. The number of H-pyrrole nitrogens is 1. The van der Waals surface area contributed by atoms with E-state index in [0.29, 0.717) is 11.4 Å². The minimum absolute atomic E-state index is 0.220. The van der Waals surface area contributed by atoms with Gasteiger partial charge in [-0.15, -0.1) is 0 Å². The number of aryl methyl sites for hydroxylation is 1. The second-order valence-electron chi connectivity index (χ2n) is 4.77. The van der Waals surface area contributed by atoms with Crippen LogP contribution in [-0.4, -0.2) is 16.1 Å². The Morgan fingerprint density at radius 1 is 1.28 bits per heavy atom. The fraction of sp³-hybridized carbons (Fsp3) is 0.286. The molecule has 2 aromatic rings. The van der Waals surface area contributed by atoms with E-state index >= 15 is 0 Å². The van der Waals surface area contributed by atoms with Crippen LogP contribution in [0.2, 0.25) is 0 Å². The van der Waals surface area contributed by atoms with E-state index in [1.807, 2.05) is 19.1 Å². The van der Waals surface area contributed by atoms with Crippen LogP contribution in [0, 0.1) is 6.92 Å². The quantitative estimate of drug-likeness (QED) is 0.854. The van der Waals surface area contributed by atoms with Crippen LogP contribution < -0.4 is 5.56 Å². The average Bonchev–Trinajstić information content (AvgIpc) is 2.27. The van der Waals surface area contributed by atoms with Gasteiger partial charge in [0.15, 0.2) is 0 Å². The Balaban J connectivity index is 2.81. The summed E-state index contributed by atoms with van der Waals surface area (Å²) in [6.07, 6.45) is 0. The van der Waals surface area contributed by atoms with E-state index in [-0.39, 0.29) is 5.56 Å². The van der Waals surface area contributed by atoms with Crippen molar-refractivity contribution in [1.29, 1.82) is 0 Å². The van der Waals surface area contributed by atoms with Gasteiger partial charge in [-0.3, -0.25) is 4.79 Å². The summed E-state index contributed by atoms with van der Waals surface area (Å²) >= 11 is 0. The molecule has 0 aliphatic rings. The first-order valence-corrected chi connectivity index (χ1v) is 5.81. The number of aromatic amines is 1. The van der Waals surface area contributed by atoms with Gasteiger partial charge in [-0.2, -0.15) is 0 Å². The van der Waals surface area contributed by atoms with Gasteiger partial charge in [0.2, 0.25) is 0 Å². The Kier molecular flexibility index (Phi) is 2.95. The lowest BCUT2D eigenvalue weighted by Crippen LogP contribution is -2.17. The molecular formula is C14H15NO3. The minimum atomic E-state index is -1.20. The molecule has 0 spiro atoms. The van der Waals surface area contributed by atoms with E-state index in [4.69, 9.17) is 5.11 Å². The van der Waals surface area contributed by atoms with Gasteiger partial charge in [0.05, 0.1) is 0 Å². The fourth-order valence-electron chi connectivity index (χ4n) is 2.01. The van der Waals surface area contributed by atoms with Crippen LogP contribution in [0.15, 0.2) is 23.0 Å². The third-order valence-corrected chi connectivity index (χ3v) is 3.09. The van der Waals surface area contributed by atoms with E-state index in [2.05, 4.69) is 18.8 Å². The smallest absolute Gasteiger partial charge is 0.341 e. The van der Waals surface area contributed by atoms with Gasteiger partial charge in [0, 0.05) is 10.9 Å². The number of hydrogen-bond donors (Lipinski definition) is 2. The number of fused-ring (bicyclic) bond motifs is 1. The van der Waals surface area contributed by atoms with E-state index in [9.17, 15) is 9.59 Å². The standard InChI is InChI=1S/C14H15NO3/c1-7(2)9-4-8(3)10-6-11(14(17)18)13(16)15-12(10)5-9/h4-7H,1-3H3,(H,15,16)(H,17,18). The van der Waals surface area contributed by atoms with Crippen molar-refractivity contribution in [2.24, 2.45) is 0 Å². The predicted octanol–water partition coefficient (Wildman–Crippen LogP) is 2.66. The normalized spacial score (nSPS) is 11.1. The zero-order valence-electron chi connectivity index (χ0n) is 10.6. The second-order valence-corrected chi connectivity index (χ2v) is 4.77. The van der Waals surface area contributed by atoms with Crippen LogP contribution in [0.1, 0.15) is 41.3 Å². The number of carboxylic acid groups (broad SMARTS) is 1. The molecular weight excluding hydrogens is 230 g/mol. The summed E-state index contributed by atoms with van der Waals surface area (Å²) in [6.45, 7) is 6.06. The summed E-state index contributed by atoms with van der Waals surface area (Å²) in [7, 11) is 0. The number of pyridine rings is 1. The molecule has 1 heterocycles. The molecule has 0 saturated carbocycles. The molecule has 0 aliphatic carbocycles. The second kappa shape index (κ2) is 4.29. The van der Waals surface area contributed by atoms with Gasteiger partial charge >= 0.3 is 5.97 Å². The summed E-state index contributed by atoms with van der Waals surface area (Å²) in [5.74, 6) is -0.846. The maximum absolute atomic E-state index is 11.6. The van der Waals surface area contributed by atoms with Gasteiger partial charge < -0.3 is 10.1 Å². The van der Waals surface area contributed by atoms with Crippen molar-refractivity contribution in [2.45, 2.75) is 26.7 Å². The number of aromatic nitrogens is 1. The van der Waals surface area contributed by atoms with Gasteiger partial charge in [0.25, 0.3) is 5.56 Å². The van der Waals surface area contributed by atoms with Crippen molar-refractivity contribution < 1.29 is 9.90 Å². The molecule has 0 fully saturated rings. The Morgan fingerprint density at radius 3 is 2.50 bits per heavy atom. The molecule has 18 heavy (non-hydrogen) atoms. The van der Waals surface area contributed by atoms with Crippen LogP contribution in [0.3, 0.4) is 0 Å². The number of rotatable bonds is 2. The first kappa shape index (κ1) is 12.4. The molecule has 2 N–H and O–H groups in total. The lowest BCUT2D eigenvalue weighted by atomic mass is 9.97. The van der Waals surface area contributed by atoms with Crippen LogP contribution in [0.4, 0.5) is 0 Å². The number of hydrogen-bond acceptors (Lipinski definition) is 2. The molecule has 0 unspecified atom stereocenters. The maximum Gasteiger partial charge on any atom is 0.341 e. The first-order valence-electron chi connectivity index (χ1n) is 5.81.